The first-order chi connectivity index (χ1) is 11.5. The molecule has 132 valence electrons. The number of aryl methyl sites for hydroxylation is 1. The highest BCUT2D eigenvalue weighted by Gasteiger charge is 2.39. The Morgan fingerprint density at radius 2 is 2.00 bits per heavy atom. The molecule has 2 aliphatic rings. The zero-order valence-electron chi connectivity index (χ0n) is 15.3. The van der Waals surface area contributed by atoms with Crippen LogP contribution in [0.4, 0.5) is 5.69 Å². The van der Waals surface area contributed by atoms with Gasteiger partial charge in [-0.1, -0.05) is 19.1 Å². The molecule has 1 saturated heterocycles. The van der Waals surface area contributed by atoms with E-state index in [2.05, 4.69) is 60.2 Å². The molecule has 1 N–H and O–H groups in total. The summed E-state index contributed by atoms with van der Waals surface area (Å²) in [4.78, 5) is 17.0. The van der Waals surface area contributed by atoms with E-state index in [1.54, 1.807) is 0 Å². The van der Waals surface area contributed by atoms with Gasteiger partial charge in [0.1, 0.15) is 0 Å². The molecule has 4 heteroatoms. The van der Waals surface area contributed by atoms with Gasteiger partial charge in [-0.25, -0.2) is 0 Å². The van der Waals surface area contributed by atoms with Crippen molar-refractivity contribution in [1.29, 1.82) is 0 Å². The molecular formula is C20H31N3O. The Hall–Kier alpha value is -1.55. The zero-order valence-corrected chi connectivity index (χ0v) is 15.3. The Morgan fingerprint density at radius 1 is 1.29 bits per heavy atom. The molecular weight excluding hydrogens is 298 g/mol. The molecule has 1 aromatic carbocycles. The van der Waals surface area contributed by atoms with Crippen molar-refractivity contribution in [2.45, 2.75) is 39.7 Å². The molecule has 1 amide bonds. The van der Waals surface area contributed by atoms with Crippen molar-refractivity contribution in [2.24, 2.45) is 11.8 Å². The molecule has 1 aliphatic carbocycles. The summed E-state index contributed by atoms with van der Waals surface area (Å²) in [6, 6.07) is 9.05. The molecule has 4 nitrogen and oxygen atoms in total. The van der Waals surface area contributed by atoms with Crippen LogP contribution in [0.5, 0.6) is 0 Å². The van der Waals surface area contributed by atoms with Gasteiger partial charge in [0.2, 0.25) is 5.91 Å². The van der Waals surface area contributed by atoms with Gasteiger partial charge in [-0.2, -0.15) is 0 Å². The number of carbonyl (C=O) groups excluding carboxylic acids is 1. The van der Waals surface area contributed by atoms with Crippen LogP contribution in [-0.4, -0.2) is 49.6 Å². The van der Waals surface area contributed by atoms with Gasteiger partial charge < -0.3 is 10.2 Å². The summed E-state index contributed by atoms with van der Waals surface area (Å²) in [6.45, 7) is 11.9. The van der Waals surface area contributed by atoms with Gasteiger partial charge in [-0.05, 0) is 50.3 Å². The van der Waals surface area contributed by atoms with Crippen LogP contribution >= 0.6 is 0 Å². The average molecular weight is 329 g/mol. The maximum Gasteiger partial charge on any atom is 0.223 e. The topological polar surface area (TPSA) is 35.6 Å². The summed E-state index contributed by atoms with van der Waals surface area (Å²) in [7, 11) is 0. The van der Waals surface area contributed by atoms with Crippen molar-refractivity contribution in [3.8, 4) is 0 Å². The van der Waals surface area contributed by atoms with Crippen molar-refractivity contribution >= 4 is 11.6 Å². The molecule has 2 fully saturated rings. The number of piperazine rings is 1. The van der Waals surface area contributed by atoms with Gasteiger partial charge in [-0.15, -0.1) is 0 Å². The van der Waals surface area contributed by atoms with Crippen LogP contribution < -0.4 is 10.2 Å². The maximum atomic E-state index is 12.0. The Morgan fingerprint density at radius 3 is 2.62 bits per heavy atom. The number of amides is 1. The Labute approximate surface area is 146 Å². The highest BCUT2D eigenvalue weighted by molar-refractivity contribution is 5.81. The fourth-order valence-electron chi connectivity index (χ4n) is 3.54. The van der Waals surface area contributed by atoms with E-state index in [0.717, 1.165) is 45.6 Å². The molecule has 0 spiro atoms. The number of nitrogens with zero attached hydrogens (tertiary/aromatic N) is 2. The summed E-state index contributed by atoms with van der Waals surface area (Å²) < 4.78 is 0. The van der Waals surface area contributed by atoms with E-state index in [1.165, 1.54) is 11.3 Å². The van der Waals surface area contributed by atoms with Gasteiger partial charge >= 0.3 is 0 Å². The van der Waals surface area contributed by atoms with Crippen LogP contribution in [-0.2, 0) is 4.79 Å². The molecule has 0 radical (unpaired) electrons. The predicted octanol–water partition coefficient (Wildman–Crippen LogP) is 2.67. The van der Waals surface area contributed by atoms with E-state index in [4.69, 9.17) is 0 Å². The summed E-state index contributed by atoms with van der Waals surface area (Å²) in [6.07, 6.45) is 2.11. The molecule has 0 unspecified atom stereocenters. The number of anilines is 1. The third-order valence-corrected chi connectivity index (χ3v) is 5.45. The molecule has 3 rings (SSSR count). The van der Waals surface area contributed by atoms with Gasteiger partial charge in [-0.3, -0.25) is 9.69 Å². The van der Waals surface area contributed by atoms with Crippen molar-refractivity contribution in [2.75, 3.05) is 37.6 Å². The Bertz CT molecular complexity index is 566. The molecule has 0 bridgehead atoms. The quantitative estimate of drug-likeness (QED) is 0.871. The highest BCUT2D eigenvalue weighted by atomic mass is 16.2. The minimum atomic E-state index is 0.263. The lowest BCUT2D eigenvalue weighted by Gasteiger charge is -2.36. The number of carbonyl (C=O) groups is 1. The first-order valence-corrected chi connectivity index (χ1v) is 9.37. The second kappa shape index (κ2) is 7.56. The summed E-state index contributed by atoms with van der Waals surface area (Å²) >= 11 is 0. The lowest BCUT2D eigenvalue weighted by atomic mass is 10.1. The lowest BCUT2D eigenvalue weighted by Crippen LogP contribution is -2.47. The first kappa shape index (κ1) is 17.3. The van der Waals surface area contributed by atoms with Crippen LogP contribution in [0.3, 0.4) is 0 Å². The smallest absolute Gasteiger partial charge is 0.223 e. The third-order valence-electron chi connectivity index (χ3n) is 5.45. The van der Waals surface area contributed by atoms with Crippen LogP contribution in [0, 0.1) is 18.8 Å². The molecule has 24 heavy (non-hydrogen) atoms. The third kappa shape index (κ3) is 4.50. The lowest BCUT2D eigenvalue weighted by molar-refractivity contribution is -0.123. The fourth-order valence-corrected chi connectivity index (χ4v) is 3.54. The molecule has 1 aliphatic heterocycles. The second-order valence-corrected chi connectivity index (χ2v) is 7.69. The van der Waals surface area contributed by atoms with Crippen molar-refractivity contribution in [3.05, 3.63) is 29.8 Å². The molecule has 3 atom stereocenters. The van der Waals surface area contributed by atoms with Crippen molar-refractivity contribution in [1.82, 2.24) is 10.2 Å². The largest absolute Gasteiger partial charge is 0.369 e. The monoisotopic (exact) mass is 329 g/mol. The zero-order chi connectivity index (χ0) is 17.1. The van der Waals surface area contributed by atoms with Crippen LogP contribution in [0.25, 0.3) is 0 Å². The summed E-state index contributed by atoms with van der Waals surface area (Å²) in [5, 5.41) is 3.18. The van der Waals surface area contributed by atoms with Crippen LogP contribution in [0.2, 0.25) is 0 Å². The summed E-state index contributed by atoms with van der Waals surface area (Å²) in [5.41, 5.74) is 2.67. The van der Waals surface area contributed by atoms with Gasteiger partial charge in [0.25, 0.3) is 0 Å². The normalized spacial score (nSPS) is 25.4. The Kier molecular flexibility index (Phi) is 5.44. The van der Waals surface area contributed by atoms with E-state index in [9.17, 15) is 4.79 Å². The predicted molar refractivity (Wildman–Crippen MR) is 99.3 cm³/mol. The standard InChI is InChI=1S/C20H31N3O/c1-15-5-4-6-18(13-15)23-11-9-22(10-12-23)8-7-17(3)21-20(24)19-14-16(19)2/h4-6,13,16-17,19H,7-12,14H2,1-3H3,(H,21,24)/t16-,17+,19-/m1/s1. The molecule has 1 saturated carbocycles. The van der Waals surface area contributed by atoms with Gasteiger partial charge in [0, 0.05) is 50.4 Å². The molecule has 1 aromatic rings. The van der Waals surface area contributed by atoms with E-state index >= 15 is 0 Å². The number of hydrogen-bond donors (Lipinski definition) is 1. The van der Waals surface area contributed by atoms with Crippen LogP contribution in [0.1, 0.15) is 32.3 Å². The minimum absolute atomic E-state index is 0.263. The van der Waals surface area contributed by atoms with E-state index in [1.807, 2.05) is 0 Å². The highest BCUT2D eigenvalue weighted by Crippen LogP contribution is 2.37. The van der Waals surface area contributed by atoms with E-state index < -0.39 is 0 Å². The van der Waals surface area contributed by atoms with Crippen LogP contribution in [0.15, 0.2) is 24.3 Å². The number of nitrogens with one attached hydrogen (secondary N) is 1. The molecule has 0 aromatic heterocycles. The van der Waals surface area contributed by atoms with E-state index in [0.29, 0.717) is 5.92 Å². The number of hydrogen-bond acceptors (Lipinski definition) is 3. The van der Waals surface area contributed by atoms with Gasteiger partial charge in [0.15, 0.2) is 0 Å². The summed E-state index contributed by atoms with van der Waals surface area (Å²) in [5.74, 6) is 1.14. The fraction of sp³-hybridized carbons (Fsp3) is 0.650. The van der Waals surface area contributed by atoms with E-state index in [-0.39, 0.29) is 17.9 Å². The number of rotatable bonds is 6. The van der Waals surface area contributed by atoms with Crippen molar-refractivity contribution in [3.63, 3.8) is 0 Å². The SMILES string of the molecule is Cc1cccc(N2CCN(CC[C@H](C)NC(=O)[C@@H]3C[C@H]3C)CC2)c1. The minimum Gasteiger partial charge on any atom is -0.369 e. The Balaban J connectivity index is 1.37. The van der Waals surface area contributed by atoms with Crippen molar-refractivity contribution < 1.29 is 4.79 Å². The molecule has 1 heterocycles. The average Bonchev–Trinajstić information content (AvgIpc) is 3.30. The van der Waals surface area contributed by atoms with Gasteiger partial charge in [0.05, 0.1) is 0 Å². The maximum absolute atomic E-state index is 12.0. The number of benzene rings is 1. The second-order valence-electron chi connectivity index (χ2n) is 7.69. The first-order valence-electron chi connectivity index (χ1n) is 9.37.